The van der Waals surface area contributed by atoms with Crippen LogP contribution in [-0.4, -0.2) is 44.0 Å². The van der Waals surface area contributed by atoms with Crippen molar-refractivity contribution in [3.8, 4) is 11.4 Å². The SMILES string of the molecule is Cc1ccc(Cl)c(N2C(=O)CSC2=NC(=O)Nc2ccc(C=Cc3ncn(-c4ccc(OC(F)(F)F)cc4)n3)cc2)c1. The average Bonchev–Trinajstić information content (AvgIpc) is 3.56. The molecule has 1 aliphatic heterocycles. The highest BCUT2D eigenvalue weighted by Crippen LogP contribution is 2.33. The molecule has 1 aromatic heterocycles. The van der Waals surface area contributed by atoms with Gasteiger partial charge in [-0.25, -0.2) is 14.5 Å². The zero-order valence-electron chi connectivity index (χ0n) is 21.7. The predicted molar refractivity (Wildman–Crippen MR) is 156 cm³/mol. The molecular formula is C28H20ClF3N6O3S. The fourth-order valence-corrected chi connectivity index (χ4v) is 4.90. The third kappa shape index (κ3) is 7.17. The van der Waals surface area contributed by atoms with Gasteiger partial charge in [0.1, 0.15) is 12.1 Å². The number of nitrogens with one attached hydrogen (secondary N) is 1. The van der Waals surface area contributed by atoms with Gasteiger partial charge < -0.3 is 10.1 Å². The fraction of sp³-hybridized carbons (Fsp3) is 0.107. The predicted octanol–water partition coefficient (Wildman–Crippen LogP) is 6.97. The Labute approximate surface area is 246 Å². The third-order valence-electron chi connectivity index (χ3n) is 5.74. The molecule has 2 heterocycles. The summed E-state index contributed by atoms with van der Waals surface area (Å²) >= 11 is 7.45. The van der Waals surface area contributed by atoms with E-state index in [1.54, 1.807) is 48.6 Å². The van der Waals surface area contributed by atoms with Crippen molar-refractivity contribution in [1.82, 2.24) is 14.8 Å². The second-order valence-electron chi connectivity index (χ2n) is 8.84. The van der Waals surface area contributed by atoms with Gasteiger partial charge in [-0.1, -0.05) is 47.6 Å². The van der Waals surface area contributed by atoms with E-state index in [0.717, 1.165) is 22.9 Å². The minimum Gasteiger partial charge on any atom is -0.406 e. The lowest BCUT2D eigenvalue weighted by atomic mass is 10.2. The van der Waals surface area contributed by atoms with Crippen molar-refractivity contribution in [2.24, 2.45) is 4.99 Å². The Morgan fingerprint density at radius 1 is 1.10 bits per heavy atom. The van der Waals surface area contributed by atoms with Gasteiger partial charge >= 0.3 is 12.4 Å². The van der Waals surface area contributed by atoms with Crippen molar-refractivity contribution in [1.29, 1.82) is 0 Å². The van der Waals surface area contributed by atoms with Gasteiger partial charge in [-0.3, -0.25) is 9.69 Å². The molecule has 0 aliphatic carbocycles. The molecule has 3 aromatic carbocycles. The van der Waals surface area contributed by atoms with Gasteiger partial charge in [0, 0.05) is 5.69 Å². The molecule has 1 N–H and O–H groups in total. The molecule has 3 amide bonds. The van der Waals surface area contributed by atoms with Crippen molar-refractivity contribution in [2.45, 2.75) is 13.3 Å². The Kier molecular flexibility index (Phi) is 8.31. The topological polar surface area (TPSA) is 102 Å². The summed E-state index contributed by atoms with van der Waals surface area (Å²) in [7, 11) is 0. The maximum Gasteiger partial charge on any atom is 0.573 e. The first-order valence-electron chi connectivity index (χ1n) is 12.2. The molecule has 0 atom stereocenters. The van der Waals surface area contributed by atoms with Gasteiger partial charge in [0.25, 0.3) is 0 Å². The van der Waals surface area contributed by atoms with Crippen LogP contribution in [0.1, 0.15) is 17.0 Å². The normalized spacial score (nSPS) is 14.6. The van der Waals surface area contributed by atoms with Gasteiger partial charge in [0.05, 0.1) is 22.2 Å². The number of thioether (sulfide) groups is 1. The second kappa shape index (κ2) is 12.1. The van der Waals surface area contributed by atoms with Crippen LogP contribution in [-0.2, 0) is 4.79 Å². The first-order valence-corrected chi connectivity index (χ1v) is 13.6. The Hall–Kier alpha value is -4.62. The lowest BCUT2D eigenvalue weighted by Gasteiger charge is -2.18. The highest BCUT2D eigenvalue weighted by molar-refractivity contribution is 8.15. The minimum absolute atomic E-state index is 0.147. The van der Waals surface area contributed by atoms with Crippen LogP contribution in [0.2, 0.25) is 5.02 Å². The van der Waals surface area contributed by atoms with Crippen LogP contribution in [0.5, 0.6) is 5.75 Å². The maximum atomic E-state index is 12.6. The Morgan fingerprint density at radius 3 is 2.55 bits per heavy atom. The van der Waals surface area contributed by atoms with E-state index in [2.05, 4.69) is 25.1 Å². The van der Waals surface area contributed by atoms with Crippen molar-refractivity contribution in [2.75, 3.05) is 16.0 Å². The van der Waals surface area contributed by atoms with Gasteiger partial charge in [0.15, 0.2) is 11.0 Å². The van der Waals surface area contributed by atoms with Gasteiger partial charge in [-0.15, -0.1) is 18.3 Å². The lowest BCUT2D eigenvalue weighted by Crippen LogP contribution is -2.30. The Bertz CT molecular complexity index is 1690. The molecule has 0 spiro atoms. The summed E-state index contributed by atoms with van der Waals surface area (Å²) in [6.07, 6.45) is 0.0937. The van der Waals surface area contributed by atoms with Crippen LogP contribution >= 0.6 is 23.4 Å². The largest absolute Gasteiger partial charge is 0.573 e. The highest BCUT2D eigenvalue weighted by atomic mass is 35.5. The highest BCUT2D eigenvalue weighted by Gasteiger charge is 2.32. The zero-order chi connectivity index (χ0) is 29.9. The molecule has 42 heavy (non-hydrogen) atoms. The summed E-state index contributed by atoms with van der Waals surface area (Å²) in [6.45, 7) is 1.88. The first kappa shape index (κ1) is 28.9. The number of benzene rings is 3. The monoisotopic (exact) mass is 612 g/mol. The molecule has 9 nitrogen and oxygen atoms in total. The van der Waals surface area contributed by atoms with Crippen LogP contribution in [0.15, 0.2) is 78.0 Å². The number of ether oxygens (including phenoxy) is 1. The third-order valence-corrected chi connectivity index (χ3v) is 6.98. The first-order chi connectivity index (χ1) is 20.0. The van der Waals surface area contributed by atoms with Gasteiger partial charge in [-0.05, 0) is 72.7 Å². The molecule has 0 saturated carbocycles. The van der Waals surface area contributed by atoms with Gasteiger partial charge in [0.2, 0.25) is 5.91 Å². The quantitative estimate of drug-likeness (QED) is 0.252. The lowest BCUT2D eigenvalue weighted by molar-refractivity contribution is -0.274. The molecule has 0 bridgehead atoms. The van der Waals surface area contributed by atoms with Crippen LogP contribution in [0, 0.1) is 6.92 Å². The van der Waals surface area contributed by atoms with Crippen LogP contribution in [0.4, 0.5) is 29.3 Å². The molecular weight excluding hydrogens is 593 g/mol. The van der Waals surface area contributed by atoms with E-state index < -0.39 is 12.4 Å². The maximum absolute atomic E-state index is 12.6. The van der Waals surface area contributed by atoms with Crippen molar-refractivity contribution >= 4 is 64.0 Å². The number of aliphatic imine (C=N–C) groups is 1. The van der Waals surface area contributed by atoms with Crippen LogP contribution in [0.3, 0.4) is 0 Å². The number of anilines is 2. The van der Waals surface area contributed by atoms with Crippen molar-refractivity contribution in [3.63, 3.8) is 0 Å². The molecule has 1 aliphatic rings. The van der Waals surface area contributed by atoms with E-state index in [1.165, 1.54) is 40.2 Å². The van der Waals surface area contributed by atoms with E-state index in [1.807, 2.05) is 13.0 Å². The summed E-state index contributed by atoms with van der Waals surface area (Å²) < 4.78 is 42.3. The van der Waals surface area contributed by atoms with E-state index >= 15 is 0 Å². The number of carbonyl (C=O) groups is 2. The van der Waals surface area contributed by atoms with E-state index in [-0.39, 0.29) is 22.6 Å². The molecule has 1 fully saturated rings. The Morgan fingerprint density at radius 2 is 1.83 bits per heavy atom. The number of amides is 3. The standard InChI is InChI=1S/C28H20ClF3N6O3S/c1-17-2-12-22(29)23(14-17)38-25(39)15-42-27(38)35-26(40)34-19-6-3-18(4-7-19)5-13-24-33-16-37(36-24)20-8-10-21(11-9-20)41-28(30,31)32/h2-14,16H,15H2,1H3,(H,34,40). The molecule has 1 saturated heterocycles. The number of hydrogen-bond acceptors (Lipinski definition) is 6. The smallest absolute Gasteiger partial charge is 0.406 e. The minimum atomic E-state index is -4.76. The van der Waals surface area contributed by atoms with Crippen LogP contribution in [0.25, 0.3) is 17.8 Å². The number of aryl methyl sites for hydroxylation is 1. The molecule has 5 rings (SSSR count). The van der Waals surface area contributed by atoms with E-state index in [4.69, 9.17) is 11.6 Å². The molecule has 0 radical (unpaired) electrons. The number of carbonyl (C=O) groups excluding carboxylic acids is 2. The summed E-state index contributed by atoms with van der Waals surface area (Å²) in [4.78, 5) is 34.7. The molecule has 14 heteroatoms. The average molecular weight is 613 g/mol. The summed E-state index contributed by atoms with van der Waals surface area (Å²) in [5.41, 5.74) is 3.18. The summed E-state index contributed by atoms with van der Waals surface area (Å²) in [6, 6.07) is 16.8. The Balaban J connectivity index is 1.20. The molecule has 0 unspecified atom stereocenters. The zero-order valence-corrected chi connectivity index (χ0v) is 23.2. The number of nitrogens with zero attached hydrogens (tertiary/aromatic N) is 5. The van der Waals surface area contributed by atoms with Crippen LogP contribution < -0.4 is 15.0 Å². The number of urea groups is 1. The number of hydrogen-bond donors (Lipinski definition) is 1. The number of alkyl halides is 3. The number of halogens is 4. The summed E-state index contributed by atoms with van der Waals surface area (Å²) in [5.74, 6) is -0.0304. The van der Waals surface area contributed by atoms with Crippen molar-refractivity contribution in [3.05, 3.63) is 95.0 Å². The summed E-state index contributed by atoms with van der Waals surface area (Å²) in [5, 5.41) is 7.60. The molecule has 4 aromatic rings. The fourth-order valence-electron chi connectivity index (χ4n) is 3.84. The van der Waals surface area contributed by atoms with Gasteiger partial charge in [-0.2, -0.15) is 4.99 Å². The molecule has 214 valence electrons. The number of rotatable bonds is 6. The number of amidine groups is 1. The second-order valence-corrected chi connectivity index (χ2v) is 10.2. The van der Waals surface area contributed by atoms with E-state index in [0.29, 0.717) is 27.9 Å². The number of aromatic nitrogens is 3. The van der Waals surface area contributed by atoms with Crippen molar-refractivity contribution < 1.29 is 27.5 Å². The van der Waals surface area contributed by atoms with E-state index in [9.17, 15) is 22.8 Å².